The average Bonchev–Trinajstić information content (AvgIpc) is 2.58. The predicted molar refractivity (Wildman–Crippen MR) is 81.2 cm³/mol. The first-order valence-electron chi connectivity index (χ1n) is 5.77. The van der Waals surface area contributed by atoms with Crippen molar-refractivity contribution in [3.05, 3.63) is 12.2 Å². The van der Waals surface area contributed by atoms with Gasteiger partial charge in [-0.05, 0) is 25.2 Å². The van der Waals surface area contributed by atoms with Crippen molar-refractivity contribution >= 4 is 29.9 Å². The molecule has 0 aromatic rings. The quantitative estimate of drug-likeness (QED) is 0.358. The van der Waals surface area contributed by atoms with Crippen molar-refractivity contribution in [2.24, 2.45) is 22.6 Å². The van der Waals surface area contributed by atoms with Crippen LogP contribution in [-0.2, 0) is 0 Å². The SMILES string of the molecule is C=C(C)CN=C(N)NCC1CCCC1C.I. The van der Waals surface area contributed by atoms with Gasteiger partial charge in [-0.3, -0.25) is 0 Å². The summed E-state index contributed by atoms with van der Waals surface area (Å²) in [6.07, 6.45) is 4.04. The van der Waals surface area contributed by atoms with Gasteiger partial charge in [0.25, 0.3) is 0 Å². The van der Waals surface area contributed by atoms with Gasteiger partial charge in [0.1, 0.15) is 0 Å². The Hall–Kier alpha value is -0.260. The molecule has 3 N–H and O–H groups in total. The topological polar surface area (TPSA) is 50.4 Å². The van der Waals surface area contributed by atoms with E-state index in [4.69, 9.17) is 5.73 Å². The van der Waals surface area contributed by atoms with Crippen molar-refractivity contribution in [2.45, 2.75) is 33.1 Å². The summed E-state index contributed by atoms with van der Waals surface area (Å²) in [6.45, 7) is 9.65. The normalized spacial score (nSPS) is 25.0. The Bertz CT molecular complexity index is 251. The third-order valence-corrected chi connectivity index (χ3v) is 3.10. The first kappa shape index (κ1) is 15.7. The number of nitrogens with zero attached hydrogens (tertiary/aromatic N) is 1. The van der Waals surface area contributed by atoms with Gasteiger partial charge in [-0.25, -0.2) is 4.99 Å². The van der Waals surface area contributed by atoms with Crippen LogP contribution < -0.4 is 11.1 Å². The molecule has 1 fully saturated rings. The van der Waals surface area contributed by atoms with E-state index in [1.165, 1.54) is 19.3 Å². The largest absolute Gasteiger partial charge is 0.370 e. The molecule has 16 heavy (non-hydrogen) atoms. The third kappa shape index (κ3) is 5.72. The van der Waals surface area contributed by atoms with E-state index in [-0.39, 0.29) is 24.0 Å². The van der Waals surface area contributed by atoms with E-state index in [1.54, 1.807) is 0 Å². The van der Waals surface area contributed by atoms with E-state index < -0.39 is 0 Å². The molecule has 94 valence electrons. The van der Waals surface area contributed by atoms with E-state index in [0.717, 1.165) is 24.0 Å². The van der Waals surface area contributed by atoms with Crippen LogP contribution in [0, 0.1) is 11.8 Å². The number of rotatable bonds is 4. The molecule has 3 nitrogen and oxygen atoms in total. The number of halogens is 1. The van der Waals surface area contributed by atoms with Crippen LogP contribution in [0.2, 0.25) is 0 Å². The van der Waals surface area contributed by atoms with Gasteiger partial charge >= 0.3 is 0 Å². The summed E-state index contributed by atoms with van der Waals surface area (Å²) < 4.78 is 0. The maximum atomic E-state index is 5.74. The first-order valence-corrected chi connectivity index (χ1v) is 5.77. The van der Waals surface area contributed by atoms with Gasteiger partial charge in [-0.15, -0.1) is 24.0 Å². The number of guanidine groups is 1. The van der Waals surface area contributed by atoms with Crippen LogP contribution in [0.1, 0.15) is 33.1 Å². The number of nitrogens with two attached hydrogens (primary N) is 1. The van der Waals surface area contributed by atoms with Gasteiger partial charge in [-0.2, -0.15) is 0 Å². The Morgan fingerprint density at radius 2 is 2.19 bits per heavy atom. The monoisotopic (exact) mass is 337 g/mol. The molecule has 0 aromatic heterocycles. The zero-order chi connectivity index (χ0) is 11.3. The lowest BCUT2D eigenvalue weighted by atomic mass is 9.98. The predicted octanol–water partition coefficient (Wildman–Crippen LogP) is 2.52. The highest BCUT2D eigenvalue weighted by molar-refractivity contribution is 14.0. The third-order valence-electron chi connectivity index (χ3n) is 3.10. The summed E-state index contributed by atoms with van der Waals surface area (Å²) in [4.78, 5) is 4.19. The maximum absolute atomic E-state index is 5.74. The highest BCUT2D eigenvalue weighted by atomic mass is 127. The minimum absolute atomic E-state index is 0. The van der Waals surface area contributed by atoms with E-state index in [1.807, 2.05) is 6.92 Å². The number of hydrogen-bond donors (Lipinski definition) is 2. The molecule has 1 aliphatic carbocycles. The van der Waals surface area contributed by atoms with Gasteiger partial charge in [0.2, 0.25) is 0 Å². The van der Waals surface area contributed by atoms with Crippen molar-refractivity contribution in [3.63, 3.8) is 0 Å². The molecule has 0 heterocycles. The second-order valence-electron chi connectivity index (χ2n) is 4.71. The second-order valence-corrected chi connectivity index (χ2v) is 4.71. The van der Waals surface area contributed by atoms with Crippen molar-refractivity contribution in [1.82, 2.24) is 5.32 Å². The standard InChI is InChI=1S/C12H23N3.HI/c1-9(2)7-14-12(13)15-8-11-6-4-5-10(11)3;/h10-11H,1,4-8H2,2-3H3,(H3,13,14,15);1H. The fourth-order valence-corrected chi connectivity index (χ4v) is 2.04. The molecule has 0 radical (unpaired) electrons. The van der Waals surface area contributed by atoms with E-state index in [2.05, 4.69) is 23.8 Å². The lowest BCUT2D eigenvalue weighted by Gasteiger charge is -2.16. The molecule has 2 unspecified atom stereocenters. The summed E-state index contributed by atoms with van der Waals surface area (Å²) in [6, 6.07) is 0. The van der Waals surface area contributed by atoms with Gasteiger partial charge in [-0.1, -0.05) is 31.9 Å². The molecule has 1 rings (SSSR count). The van der Waals surface area contributed by atoms with Crippen LogP contribution in [0.4, 0.5) is 0 Å². The Balaban J connectivity index is 0.00000225. The zero-order valence-electron chi connectivity index (χ0n) is 10.3. The molecular weight excluding hydrogens is 313 g/mol. The summed E-state index contributed by atoms with van der Waals surface area (Å²) in [5, 5.41) is 3.20. The lowest BCUT2D eigenvalue weighted by molar-refractivity contribution is 0.414. The molecule has 2 atom stereocenters. The Morgan fingerprint density at radius 3 is 2.69 bits per heavy atom. The molecule has 4 heteroatoms. The number of nitrogens with one attached hydrogen (secondary N) is 1. The van der Waals surface area contributed by atoms with Crippen molar-refractivity contribution in [1.29, 1.82) is 0 Å². The van der Waals surface area contributed by atoms with E-state index >= 15 is 0 Å². The van der Waals surface area contributed by atoms with Gasteiger partial charge in [0.15, 0.2) is 5.96 Å². The summed E-state index contributed by atoms with van der Waals surface area (Å²) in [5.74, 6) is 2.15. The van der Waals surface area contributed by atoms with Gasteiger partial charge in [0.05, 0.1) is 6.54 Å². The Labute approximate surface area is 116 Å². The molecule has 0 aromatic carbocycles. The minimum atomic E-state index is 0. The summed E-state index contributed by atoms with van der Waals surface area (Å²) in [7, 11) is 0. The van der Waals surface area contributed by atoms with Crippen molar-refractivity contribution in [2.75, 3.05) is 13.1 Å². The summed E-state index contributed by atoms with van der Waals surface area (Å²) in [5.41, 5.74) is 6.78. The molecule has 0 amide bonds. The zero-order valence-corrected chi connectivity index (χ0v) is 12.7. The smallest absolute Gasteiger partial charge is 0.188 e. The van der Waals surface area contributed by atoms with Crippen LogP contribution in [0.25, 0.3) is 0 Å². The van der Waals surface area contributed by atoms with Gasteiger partial charge in [0, 0.05) is 6.54 Å². The molecule has 0 bridgehead atoms. The van der Waals surface area contributed by atoms with Crippen LogP contribution >= 0.6 is 24.0 Å². The molecule has 1 aliphatic rings. The molecule has 0 saturated heterocycles. The fourth-order valence-electron chi connectivity index (χ4n) is 2.04. The minimum Gasteiger partial charge on any atom is -0.370 e. The average molecular weight is 337 g/mol. The Morgan fingerprint density at radius 1 is 1.50 bits per heavy atom. The molecule has 0 spiro atoms. The van der Waals surface area contributed by atoms with E-state index in [9.17, 15) is 0 Å². The number of hydrogen-bond acceptors (Lipinski definition) is 1. The van der Waals surface area contributed by atoms with Crippen LogP contribution in [0.3, 0.4) is 0 Å². The first-order chi connectivity index (χ1) is 7.09. The van der Waals surface area contributed by atoms with Gasteiger partial charge < -0.3 is 11.1 Å². The molecular formula is C12H24IN3. The van der Waals surface area contributed by atoms with Crippen LogP contribution in [0.15, 0.2) is 17.1 Å². The fraction of sp³-hybridized carbons (Fsp3) is 0.750. The van der Waals surface area contributed by atoms with Crippen LogP contribution in [-0.4, -0.2) is 19.0 Å². The van der Waals surface area contributed by atoms with Crippen molar-refractivity contribution in [3.8, 4) is 0 Å². The summed E-state index contributed by atoms with van der Waals surface area (Å²) >= 11 is 0. The van der Waals surface area contributed by atoms with Crippen molar-refractivity contribution < 1.29 is 0 Å². The maximum Gasteiger partial charge on any atom is 0.188 e. The van der Waals surface area contributed by atoms with E-state index in [0.29, 0.717) is 12.5 Å². The second kappa shape index (κ2) is 7.92. The lowest BCUT2D eigenvalue weighted by Crippen LogP contribution is -2.36. The highest BCUT2D eigenvalue weighted by Gasteiger charge is 2.22. The molecule has 1 saturated carbocycles. The molecule has 0 aliphatic heterocycles. The number of aliphatic imine (C=N–C) groups is 1. The Kier molecular flexibility index (Phi) is 7.80. The highest BCUT2D eigenvalue weighted by Crippen LogP contribution is 2.30. The van der Waals surface area contributed by atoms with Crippen LogP contribution in [0.5, 0.6) is 0 Å².